The van der Waals surface area contributed by atoms with Crippen molar-refractivity contribution in [3.8, 4) is 0 Å². The number of hydrogen-bond donors (Lipinski definition) is 2. The maximum absolute atomic E-state index is 11.1. The molecule has 2 N–H and O–H groups in total. The van der Waals surface area contributed by atoms with Crippen LogP contribution in [-0.4, -0.2) is 24.9 Å². The second-order valence-electron chi connectivity index (χ2n) is 3.06. The summed E-state index contributed by atoms with van der Waals surface area (Å²) in [4.78, 5) is 21.7. The van der Waals surface area contributed by atoms with E-state index in [1.165, 1.54) is 6.08 Å². The lowest BCUT2D eigenvalue weighted by Crippen LogP contribution is -2.34. The SMILES string of the molecule is C=CC(=O)NCCNC(=O)C1CC1. The van der Waals surface area contributed by atoms with Crippen molar-refractivity contribution in [2.75, 3.05) is 13.1 Å². The highest BCUT2D eigenvalue weighted by atomic mass is 16.2. The van der Waals surface area contributed by atoms with Crippen LogP contribution in [0.15, 0.2) is 12.7 Å². The second-order valence-corrected chi connectivity index (χ2v) is 3.06. The normalized spacial score (nSPS) is 14.8. The van der Waals surface area contributed by atoms with Gasteiger partial charge in [0.25, 0.3) is 0 Å². The van der Waals surface area contributed by atoms with Gasteiger partial charge in [0.05, 0.1) is 0 Å². The van der Waals surface area contributed by atoms with Crippen molar-refractivity contribution >= 4 is 11.8 Å². The minimum atomic E-state index is -0.208. The van der Waals surface area contributed by atoms with E-state index in [4.69, 9.17) is 0 Å². The van der Waals surface area contributed by atoms with Gasteiger partial charge in [-0.05, 0) is 18.9 Å². The molecule has 1 aliphatic rings. The number of amides is 2. The van der Waals surface area contributed by atoms with Gasteiger partial charge < -0.3 is 10.6 Å². The lowest BCUT2D eigenvalue weighted by atomic mass is 10.4. The quantitative estimate of drug-likeness (QED) is 0.457. The summed E-state index contributed by atoms with van der Waals surface area (Å²) < 4.78 is 0. The lowest BCUT2D eigenvalue weighted by Gasteiger charge is -2.03. The Labute approximate surface area is 77.4 Å². The van der Waals surface area contributed by atoms with E-state index in [1.54, 1.807) is 0 Å². The highest BCUT2D eigenvalue weighted by Gasteiger charge is 2.28. The summed E-state index contributed by atoms with van der Waals surface area (Å²) in [5, 5.41) is 5.31. The van der Waals surface area contributed by atoms with Gasteiger partial charge in [-0.15, -0.1) is 0 Å². The number of carbonyl (C=O) groups is 2. The van der Waals surface area contributed by atoms with Crippen molar-refractivity contribution in [3.05, 3.63) is 12.7 Å². The summed E-state index contributed by atoms with van der Waals surface area (Å²) in [5.74, 6) is 0.128. The Hall–Kier alpha value is -1.32. The summed E-state index contributed by atoms with van der Waals surface area (Å²) in [6.45, 7) is 4.27. The van der Waals surface area contributed by atoms with Crippen LogP contribution in [0.4, 0.5) is 0 Å². The topological polar surface area (TPSA) is 58.2 Å². The first-order valence-electron chi connectivity index (χ1n) is 4.42. The van der Waals surface area contributed by atoms with Gasteiger partial charge in [0.1, 0.15) is 0 Å². The predicted molar refractivity (Wildman–Crippen MR) is 48.9 cm³/mol. The molecule has 1 rings (SSSR count). The van der Waals surface area contributed by atoms with E-state index < -0.39 is 0 Å². The third-order valence-corrected chi connectivity index (χ3v) is 1.86. The van der Waals surface area contributed by atoms with Gasteiger partial charge in [0.15, 0.2) is 0 Å². The predicted octanol–water partition coefficient (Wildman–Crippen LogP) is -0.185. The van der Waals surface area contributed by atoms with E-state index in [2.05, 4.69) is 17.2 Å². The van der Waals surface area contributed by atoms with Crippen LogP contribution >= 0.6 is 0 Å². The maximum Gasteiger partial charge on any atom is 0.243 e. The highest BCUT2D eigenvalue weighted by molar-refractivity contribution is 5.86. The van der Waals surface area contributed by atoms with Crippen LogP contribution in [0.1, 0.15) is 12.8 Å². The smallest absolute Gasteiger partial charge is 0.243 e. The van der Waals surface area contributed by atoms with E-state index in [0.29, 0.717) is 13.1 Å². The Morgan fingerprint density at radius 1 is 1.31 bits per heavy atom. The van der Waals surface area contributed by atoms with Gasteiger partial charge in [-0.25, -0.2) is 0 Å². The molecule has 0 spiro atoms. The summed E-state index contributed by atoms with van der Waals surface area (Å²) >= 11 is 0. The molecule has 0 unspecified atom stereocenters. The van der Waals surface area contributed by atoms with Gasteiger partial charge in [-0.2, -0.15) is 0 Å². The molecule has 2 amide bonds. The molecule has 72 valence electrons. The summed E-state index contributed by atoms with van der Waals surface area (Å²) in [5.41, 5.74) is 0. The standard InChI is InChI=1S/C9H14N2O2/c1-2-8(12)10-5-6-11-9(13)7-3-4-7/h2,7H,1,3-6H2,(H,10,12)(H,11,13). The number of hydrogen-bond acceptors (Lipinski definition) is 2. The van der Waals surface area contributed by atoms with Crippen molar-refractivity contribution in [1.29, 1.82) is 0 Å². The Kier molecular flexibility index (Phi) is 3.49. The summed E-state index contributed by atoms with van der Waals surface area (Å²) in [7, 11) is 0. The van der Waals surface area contributed by atoms with E-state index in [-0.39, 0.29) is 17.7 Å². The first kappa shape index (κ1) is 9.77. The van der Waals surface area contributed by atoms with E-state index in [9.17, 15) is 9.59 Å². The molecule has 0 aromatic heterocycles. The van der Waals surface area contributed by atoms with Crippen molar-refractivity contribution < 1.29 is 9.59 Å². The molecular weight excluding hydrogens is 168 g/mol. The molecule has 0 aromatic carbocycles. The number of nitrogens with one attached hydrogen (secondary N) is 2. The van der Waals surface area contributed by atoms with Gasteiger partial charge in [0, 0.05) is 19.0 Å². The van der Waals surface area contributed by atoms with Gasteiger partial charge in [-0.1, -0.05) is 6.58 Å². The van der Waals surface area contributed by atoms with Gasteiger partial charge >= 0.3 is 0 Å². The van der Waals surface area contributed by atoms with Crippen LogP contribution in [-0.2, 0) is 9.59 Å². The molecule has 4 nitrogen and oxygen atoms in total. The Morgan fingerprint density at radius 2 is 1.92 bits per heavy atom. The van der Waals surface area contributed by atoms with Crippen LogP contribution < -0.4 is 10.6 Å². The minimum Gasteiger partial charge on any atom is -0.354 e. The first-order valence-corrected chi connectivity index (χ1v) is 4.42. The second kappa shape index (κ2) is 4.64. The zero-order chi connectivity index (χ0) is 9.68. The highest BCUT2D eigenvalue weighted by Crippen LogP contribution is 2.28. The average Bonchev–Trinajstić information content (AvgIpc) is 2.94. The monoisotopic (exact) mass is 182 g/mol. The van der Waals surface area contributed by atoms with E-state index in [0.717, 1.165) is 12.8 Å². The van der Waals surface area contributed by atoms with Crippen molar-refractivity contribution in [1.82, 2.24) is 10.6 Å². The number of carbonyl (C=O) groups excluding carboxylic acids is 2. The Bertz CT molecular complexity index is 222. The molecule has 0 heterocycles. The van der Waals surface area contributed by atoms with Crippen molar-refractivity contribution in [3.63, 3.8) is 0 Å². The van der Waals surface area contributed by atoms with Crippen LogP contribution in [0.3, 0.4) is 0 Å². The van der Waals surface area contributed by atoms with Crippen LogP contribution in [0, 0.1) is 5.92 Å². The zero-order valence-electron chi connectivity index (χ0n) is 7.51. The molecule has 1 saturated carbocycles. The van der Waals surface area contributed by atoms with E-state index in [1.807, 2.05) is 0 Å². The third-order valence-electron chi connectivity index (χ3n) is 1.86. The van der Waals surface area contributed by atoms with Crippen LogP contribution in [0.5, 0.6) is 0 Å². The lowest BCUT2D eigenvalue weighted by molar-refractivity contribution is -0.122. The molecule has 0 saturated heterocycles. The summed E-state index contributed by atoms with van der Waals surface area (Å²) in [6, 6.07) is 0. The molecule has 0 aliphatic heterocycles. The maximum atomic E-state index is 11.1. The Balaban J connectivity index is 1.97. The van der Waals surface area contributed by atoms with Gasteiger partial charge in [0.2, 0.25) is 11.8 Å². The molecule has 0 aromatic rings. The summed E-state index contributed by atoms with van der Waals surface area (Å²) in [6.07, 6.45) is 3.22. The van der Waals surface area contributed by atoms with E-state index >= 15 is 0 Å². The fourth-order valence-corrected chi connectivity index (χ4v) is 0.933. The largest absolute Gasteiger partial charge is 0.354 e. The molecule has 4 heteroatoms. The minimum absolute atomic E-state index is 0.104. The molecule has 0 atom stereocenters. The van der Waals surface area contributed by atoms with Crippen molar-refractivity contribution in [2.45, 2.75) is 12.8 Å². The molecule has 1 fully saturated rings. The molecule has 1 aliphatic carbocycles. The van der Waals surface area contributed by atoms with Crippen molar-refractivity contribution in [2.24, 2.45) is 5.92 Å². The molecule has 13 heavy (non-hydrogen) atoms. The fraction of sp³-hybridized carbons (Fsp3) is 0.556. The average molecular weight is 182 g/mol. The van der Waals surface area contributed by atoms with Crippen LogP contribution in [0.25, 0.3) is 0 Å². The van der Waals surface area contributed by atoms with Gasteiger partial charge in [-0.3, -0.25) is 9.59 Å². The molecule has 0 radical (unpaired) electrons. The Morgan fingerprint density at radius 3 is 2.46 bits per heavy atom. The molecule has 0 bridgehead atoms. The van der Waals surface area contributed by atoms with Crippen LogP contribution in [0.2, 0.25) is 0 Å². The fourth-order valence-electron chi connectivity index (χ4n) is 0.933. The number of rotatable bonds is 5. The first-order chi connectivity index (χ1) is 6.24. The zero-order valence-corrected chi connectivity index (χ0v) is 7.51. The molecular formula is C9H14N2O2. The third kappa shape index (κ3) is 3.73.